The third-order valence-electron chi connectivity index (χ3n) is 2.60. The van der Waals surface area contributed by atoms with Crippen LogP contribution in [0.15, 0.2) is 0 Å². The molecule has 0 spiro atoms. The van der Waals surface area contributed by atoms with Crippen LogP contribution in [0.2, 0.25) is 0 Å². The number of hydrogen-bond acceptors (Lipinski definition) is 2. The van der Waals surface area contributed by atoms with Crippen molar-refractivity contribution in [3.8, 4) is 0 Å². The molecule has 0 bridgehead atoms. The highest BCUT2D eigenvalue weighted by molar-refractivity contribution is 4.82. The average Bonchev–Trinajstić information content (AvgIpc) is 2.32. The molecule has 1 aliphatic rings. The second-order valence-corrected chi connectivity index (χ2v) is 3.01. The first-order valence-electron chi connectivity index (χ1n) is 3.85. The van der Waals surface area contributed by atoms with E-state index in [-0.39, 0.29) is 5.79 Å². The Morgan fingerprint density at radius 3 is 2.10 bits per heavy atom. The SMILES string of the molecule is COC1(OC)CCC[C@H]1C. The maximum atomic E-state index is 5.34. The minimum Gasteiger partial charge on any atom is -0.353 e. The van der Waals surface area contributed by atoms with Gasteiger partial charge in [-0.2, -0.15) is 0 Å². The van der Waals surface area contributed by atoms with Crippen LogP contribution in [0.3, 0.4) is 0 Å². The molecule has 1 atom stereocenters. The maximum absolute atomic E-state index is 5.34. The molecule has 0 aromatic carbocycles. The van der Waals surface area contributed by atoms with Gasteiger partial charge in [0.2, 0.25) is 0 Å². The third kappa shape index (κ3) is 1.06. The van der Waals surface area contributed by atoms with Gasteiger partial charge in [0.25, 0.3) is 0 Å². The lowest BCUT2D eigenvalue weighted by Crippen LogP contribution is -2.36. The molecule has 1 aliphatic carbocycles. The summed E-state index contributed by atoms with van der Waals surface area (Å²) in [6.45, 7) is 2.18. The van der Waals surface area contributed by atoms with Crippen molar-refractivity contribution in [2.24, 2.45) is 5.92 Å². The molecule has 0 aromatic heterocycles. The van der Waals surface area contributed by atoms with Gasteiger partial charge in [0, 0.05) is 26.6 Å². The number of rotatable bonds is 2. The van der Waals surface area contributed by atoms with Crippen molar-refractivity contribution in [2.75, 3.05) is 14.2 Å². The molecule has 0 N–H and O–H groups in total. The topological polar surface area (TPSA) is 18.5 Å². The van der Waals surface area contributed by atoms with Crippen LogP contribution >= 0.6 is 0 Å². The van der Waals surface area contributed by atoms with Gasteiger partial charge in [0.05, 0.1) is 0 Å². The van der Waals surface area contributed by atoms with Gasteiger partial charge < -0.3 is 9.47 Å². The molecule has 0 heterocycles. The van der Waals surface area contributed by atoms with Crippen LogP contribution in [-0.2, 0) is 9.47 Å². The van der Waals surface area contributed by atoms with Gasteiger partial charge in [-0.15, -0.1) is 0 Å². The van der Waals surface area contributed by atoms with Gasteiger partial charge in [-0.05, 0) is 12.8 Å². The third-order valence-corrected chi connectivity index (χ3v) is 2.60. The summed E-state index contributed by atoms with van der Waals surface area (Å²) in [6, 6.07) is 0. The highest BCUT2D eigenvalue weighted by Crippen LogP contribution is 2.38. The first kappa shape index (κ1) is 8.02. The normalized spacial score (nSPS) is 30.9. The number of methoxy groups -OCH3 is 2. The Labute approximate surface area is 62.5 Å². The van der Waals surface area contributed by atoms with Crippen LogP contribution in [0.25, 0.3) is 0 Å². The first-order chi connectivity index (χ1) is 4.75. The second kappa shape index (κ2) is 2.89. The Hall–Kier alpha value is -0.0800. The Balaban J connectivity index is 2.61. The van der Waals surface area contributed by atoms with Crippen molar-refractivity contribution in [1.29, 1.82) is 0 Å². The fourth-order valence-electron chi connectivity index (χ4n) is 1.81. The van der Waals surface area contributed by atoms with Gasteiger partial charge in [-0.3, -0.25) is 0 Å². The van der Waals surface area contributed by atoms with E-state index in [4.69, 9.17) is 9.47 Å². The van der Waals surface area contributed by atoms with E-state index >= 15 is 0 Å². The first-order valence-corrected chi connectivity index (χ1v) is 3.85. The Kier molecular flexibility index (Phi) is 2.32. The minimum atomic E-state index is -0.264. The minimum absolute atomic E-state index is 0.264. The van der Waals surface area contributed by atoms with Crippen LogP contribution in [-0.4, -0.2) is 20.0 Å². The molecule has 10 heavy (non-hydrogen) atoms. The van der Waals surface area contributed by atoms with Crippen molar-refractivity contribution < 1.29 is 9.47 Å². The summed E-state index contributed by atoms with van der Waals surface area (Å²) in [6.07, 6.45) is 3.49. The monoisotopic (exact) mass is 144 g/mol. The molecule has 1 rings (SSSR count). The summed E-state index contributed by atoms with van der Waals surface area (Å²) < 4.78 is 10.7. The summed E-state index contributed by atoms with van der Waals surface area (Å²) in [4.78, 5) is 0. The molecule has 60 valence electrons. The smallest absolute Gasteiger partial charge is 0.170 e. The second-order valence-electron chi connectivity index (χ2n) is 3.01. The van der Waals surface area contributed by atoms with E-state index in [9.17, 15) is 0 Å². The molecule has 1 saturated carbocycles. The van der Waals surface area contributed by atoms with Crippen molar-refractivity contribution >= 4 is 0 Å². The van der Waals surface area contributed by atoms with Crippen LogP contribution in [0.5, 0.6) is 0 Å². The number of hydrogen-bond donors (Lipinski definition) is 0. The van der Waals surface area contributed by atoms with Gasteiger partial charge in [-0.25, -0.2) is 0 Å². The van der Waals surface area contributed by atoms with E-state index < -0.39 is 0 Å². The van der Waals surface area contributed by atoms with Crippen LogP contribution in [0.1, 0.15) is 26.2 Å². The largest absolute Gasteiger partial charge is 0.353 e. The van der Waals surface area contributed by atoms with Crippen molar-refractivity contribution in [1.82, 2.24) is 0 Å². The predicted octanol–water partition coefficient (Wildman–Crippen LogP) is 1.80. The number of ether oxygens (including phenoxy) is 2. The van der Waals surface area contributed by atoms with Crippen molar-refractivity contribution in [2.45, 2.75) is 32.0 Å². The molecule has 0 aromatic rings. The molecule has 0 amide bonds. The quantitative estimate of drug-likeness (QED) is 0.550. The zero-order chi connectivity index (χ0) is 7.61. The summed E-state index contributed by atoms with van der Waals surface area (Å²) in [5.74, 6) is 0.280. The molecular weight excluding hydrogens is 128 g/mol. The van der Waals surface area contributed by atoms with E-state index in [1.165, 1.54) is 12.8 Å². The zero-order valence-corrected chi connectivity index (χ0v) is 7.02. The highest BCUT2D eigenvalue weighted by Gasteiger charge is 2.40. The van der Waals surface area contributed by atoms with Crippen LogP contribution in [0, 0.1) is 5.92 Å². The molecule has 0 unspecified atom stereocenters. The van der Waals surface area contributed by atoms with Crippen LogP contribution < -0.4 is 0 Å². The fraction of sp³-hybridized carbons (Fsp3) is 1.00. The standard InChI is InChI=1S/C8H16O2/c1-7-5-4-6-8(7,9-2)10-3/h7H,4-6H2,1-3H3/t7-/m1/s1. The van der Waals surface area contributed by atoms with E-state index in [0.29, 0.717) is 5.92 Å². The lowest BCUT2D eigenvalue weighted by molar-refractivity contribution is -0.224. The van der Waals surface area contributed by atoms with E-state index in [1.54, 1.807) is 14.2 Å². The van der Waals surface area contributed by atoms with Crippen molar-refractivity contribution in [3.05, 3.63) is 0 Å². The summed E-state index contributed by atoms with van der Waals surface area (Å²) in [5, 5.41) is 0. The Morgan fingerprint density at radius 2 is 1.90 bits per heavy atom. The molecule has 0 aliphatic heterocycles. The van der Waals surface area contributed by atoms with E-state index in [2.05, 4.69) is 6.92 Å². The zero-order valence-electron chi connectivity index (χ0n) is 7.02. The molecule has 2 nitrogen and oxygen atoms in total. The van der Waals surface area contributed by atoms with Gasteiger partial charge in [-0.1, -0.05) is 6.92 Å². The highest BCUT2D eigenvalue weighted by atomic mass is 16.7. The summed E-state index contributed by atoms with van der Waals surface area (Å²) in [5.41, 5.74) is 0. The van der Waals surface area contributed by atoms with Crippen molar-refractivity contribution in [3.63, 3.8) is 0 Å². The summed E-state index contributed by atoms with van der Waals surface area (Å²) >= 11 is 0. The maximum Gasteiger partial charge on any atom is 0.170 e. The molecule has 0 radical (unpaired) electrons. The van der Waals surface area contributed by atoms with Gasteiger partial charge in [0.1, 0.15) is 0 Å². The Morgan fingerprint density at radius 1 is 1.30 bits per heavy atom. The van der Waals surface area contributed by atoms with Gasteiger partial charge in [0.15, 0.2) is 5.79 Å². The molecule has 1 fully saturated rings. The lowest BCUT2D eigenvalue weighted by Gasteiger charge is -2.30. The van der Waals surface area contributed by atoms with Gasteiger partial charge >= 0.3 is 0 Å². The van der Waals surface area contributed by atoms with E-state index in [0.717, 1.165) is 6.42 Å². The van der Waals surface area contributed by atoms with E-state index in [1.807, 2.05) is 0 Å². The molecule has 2 heteroatoms. The fourth-order valence-corrected chi connectivity index (χ4v) is 1.81. The molecule has 0 saturated heterocycles. The predicted molar refractivity (Wildman–Crippen MR) is 39.8 cm³/mol. The summed E-state index contributed by atoms with van der Waals surface area (Å²) in [7, 11) is 3.46. The average molecular weight is 144 g/mol. The van der Waals surface area contributed by atoms with Crippen LogP contribution in [0.4, 0.5) is 0 Å². The lowest BCUT2D eigenvalue weighted by atomic mass is 10.1. The molecular formula is C8H16O2. The Bertz CT molecular complexity index is 108.